The standard InChI is InChI=1S/C15H16O/c1-2-7-15(16)14-11-6-10-13(14)12-8-4-3-5-9-12/h2-6,8-11,14-16H,1,7H2. The molecule has 0 heterocycles. The summed E-state index contributed by atoms with van der Waals surface area (Å²) in [4.78, 5) is 0. The van der Waals surface area contributed by atoms with Gasteiger partial charge < -0.3 is 5.11 Å². The van der Waals surface area contributed by atoms with Crippen LogP contribution in [0.1, 0.15) is 12.0 Å². The van der Waals surface area contributed by atoms with Crippen LogP contribution in [0.15, 0.2) is 61.2 Å². The molecule has 0 aromatic heterocycles. The fraction of sp³-hybridized carbons (Fsp3) is 0.200. The average molecular weight is 212 g/mol. The molecule has 1 heteroatoms. The van der Waals surface area contributed by atoms with Gasteiger partial charge in [0.1, 0.15) is 0 Å². The van der Waals surface area contributed by atoms with Gasteiger partial charge in [0.15, 0.2) is 0 Å². The molecule has 0 amide bonds. The molecule has 1 nitrogen and oxygen atoms in total. The molecule has 16 heavy (non-hydrogen) atoms. The number of rotatable bonds is 4. The van der Waals surface area contributed by atoms with Crippen LogP contribution in [-0.4, -0.2) is 11.2 Å². The van der Waals surface area contributed by atoms with E-state index in [2.05, 4.69) is 30.9 Å². The van der Waals surface area contributed by atoms with Gasteiger partial charge in [0.05, 0.1) is 6.10 Å². The van der Waals surface area contributed by atoms with Gasteiger partial charge in [-0.25, -0.2) is 0 Å². The number of hydrogen-bond donors (Lipinski definition) is 1. The van der Waals surface area contributed by atoms with Crippen molar-refractivity contribution < 1.29 is 5.11 Å². The summed E-state index contributed by atoms with van der Waals surface area (Å²) in [6.45, 7) is 3.67. The molecule has 82 valence electrons. The highest BCUT2D eigenvalue weighted by molar-refractivity contribution is 5.73. The molecule has 0 spiro atoms. The Balaban J connectivity index is 2.20. The monoisotopic (exact) mass is 212 g/mol. The molecule has 1 aliphatic carbocycles. The first kappa shape index (κ1) is 10.9. The van der Waals surface area contributed by atoms with Crippen LogP contribution in [0.25, 0.3) is 5.57 Å². The van der Waals surface area contributed by atoms with E-state index in [1.54, 1.807) is 6.08 Å². The van der Waals surface area contributed by atoms with Crippen LogP contribution in [0.4, 0.5) is 0 Å². The van der Waals surface area contributed by atoms with Gasteiger partial charge in [0.25, 0.3) is 0 Å². The lowest BCUT2D eigenvalue weighted by Gasteiger charge is -2.19. The number of aliphatic hydroxyl groups excluding tert-OH is 1. The third kappa shape index (κ3) is 2.15. The predicted octanol–water partition coefficient (Wildman–Crippen LogP) is 3.19. The van der Waals surface area contributed by atoms with E-state index in [4.69, 9.17) is 0 Å². The fourth-order valence-corrected chi connectivity index (χ4v) is 2.07. The first-order valence-electron chi connectivity index (χ1n) is 5.55. The van der Waals surface area contributed by atoms with Crippen molar-refractivity contribution in [3.63, 3.8) is 0 Å². The molecule has 0 saturated heterocycles. The molecule has 1 aliphatic rings. The number of hydrogen-bond acceptors (Lipinski definition) is 1. The molecule has 0 saturated carbocycles. The molecular weight excluding hydrogens is 196 g/mol. The van der Waals surface area contributed by atoms with Crippen molar-refractivity contribution >= 4 is 5.57 Å². The lowest BCUT2D eigenvalue weighted by atomic mass is 9.89. The van der Waals surface area contributed by atoms with Crippen molar-refractivity contribution in [3.05, 3.63) is 66.8 Å². The third-order valence-electron chi connectivity index (χ3n) is 2.88. The second-order valence-electron chi connectivity index (χ2n) is 3.99. The molecule has 0 fully saturated rings. The van der Waals surface area contributed by atoms with Crippen LogP contribution in [0.3, 0.4) is 0 Å². The average Bonchev–Trinajstić information content (AvgIpc) is 2.79. The van der Waals surface area contributed by atoms with Gasteiger partial charge in [-0.05, 0) is 17.6 Å². The number of aliphatic hydroxyl groups is 1. The summed E-state index contributed by atoms with van der Waals surface area (Å²) in [5.41, 5.74) is 2.37. The highest BCUT2D eigenvalue weighted by Gasteiger charge is 2.22. The zero-order valence-corrected chi connectivity index (χ0v) is 9.21. The first-order valence-corrected chi connectivity index (χ1v) is 5.55. The molecular formula is C15H16O. The number of allylic oxidation sites excluding steroid dienone is 2. The van der Waals surface area contributed by atoms with E-state index >= 15 is 0 Å². The molecule has 2 rings (SSSR count). The SMILES string of the molecule is C=CCC(O)C1C=CC=C1c1ccccc1. The van der Waals surface area contributed by atoms with E-state index in [9.17, 15) is 5.11 Å². The second kappa shape index (κ2) is 4.95. The normalized spacial score (nSPS) is 20.6. The predicted molar refractivity (Wildman–Crippen MR) is 67.9 cm³/mol. The Kier molecular flexibility index (Phi) is 3.37. The van der Waals surface area contributed by atoms with Crippen LogP contribution >= 0.6 is 0 Å². The summed E-state index contributed by atoms with van der Waals surface area (Å²) < 4.78 is 0. The summed E-state index contributed by atoms with van der Waals surface area (Å²) in [5, 5.41) is 10.0. The highest BCUT2D eigenvalue weighted by atomic mass is 16.3. The van der Waals surface area contributed by atoms with Crippen LogP contribution < -0.4 is 0 Å². The van der Waals surface area contributed by atoms with Crippen molar-refractivity contribution in [1.29, 1.82) is 0 Å². The van der Waals surface area contributed by atoms with E-state index in [0.29, 0.717) is 6.42 Å². The van der Waals surface area contributed by atoms with Crippen molar-refractivity contribution in [3.8, 4) is 0 Å². The van der Waals surface area contributed by atoms with E-state index in [-0.39, 0.29) is 12.0 Å². The largest absolute Gasteiger partial charge is 0.392 e. The second-order valence-corrected chi connectivity index (χ2v) is 3.99. The van der Waals surface area contributed by atoms with E-state index in [0.717, 1.165) is 0 Å². The Morgan fingerprint density at radius 1 is 1.31 bits per heavy atom. The first-order chi connectivity index (χ1) is 7.83. The van der Waals surface area contributed by atoms with E-state index in [1.165, 1.54) is 11.1 Å². The quantitative estimate of drug-likeness (QED) is 0.760. The molecule has 1 N–H and O–H groups in total. The van der Waals surface area contributed by atoms with Crippen LogP contribution in [0, 0.1) is 5.92 Å². The Morgan fingerprint density at radius 3 is 2.75 bits per heavy atom. The van der Waals surface area contributed by atoms with Crippen molar-refractivity contribution in [2.75, 3.05) is 0 Å². The van der Waals surface area contributed by atoms with Gasteiger partial charge in [0.2, 0.25) is 0 Å². The van der Waals surface area contributed by atoms with E-state index in [1.807, 2.05) is 24.3 Å². The summed E-state index contributed by atoms with van der Waals surface area (Å²) in [7, 11) is 0. The summed E-state index contributed by atoms with van der Waals surface area (Å²) >= 11 is 0. The molecule has 0 aliphatic heterocycles. The topological polar surface area (TPSA) is 20.2 Å². The van der Waals surface area contributed by atoms with Gasteiger partial charge in [-0.1, -0.05) is 54.6 Å². The fourth-order valence-electron chi connectivity index (χ4n) is 2.07. The van der Waals surface area contributed by atoms with Gasteiger partial charge in [0, 0.05) is 5.92 Å². The maximum absolute atomic E-state index is 10.0. The smallest absolute Gasteiger partial charge is 0.0677 e. The van der Waals surface area contributed by atoms with Crippen molar-refractivity contribution in [1.82, 2.24) is 0 Å². The summed E-state index contributed by atoms with van der Waals surface area (Å²) in [6.07, 6.45) is 8.16. The Bertz CT molecular complexity index is 414. The molecule has 0 bridgehead atoms. The Morgan fingerprint density at radius 2 is 2.06 bits per heavy atom. The Hall–Kier alpha value is -1.60. The highest BCUT2D eigenvalue weighted by Crippen LogP contribution is 2.32. The lowest BCUT2D eigenvalue weighted by Crippen LogP contribution is -2.17. The zero-order chi connectivity index (χ0) is 11.4. The zero-order valence-electron chi connectivity index (χ0n) is 9.21. The van der Waals surface area contributed by atoms with Crippen LogP contribution in [0.2, 0.25) is 0 Å². The van der Waals surface area contributed by atoms with Gasteiger partial charge in [-0.2, -0.15) is 0 Å². The molecule has 1 aromatic rings. The van der Waals surface area contributed by atoms with Crippen LogP contribution in [-0.2, 0) is 0 Å². The van der Waals surface area contributed by atoms with Crippen LogP contribution in [0.5, 0.6) is 0 Å². The minimum Gasteiger partial charge on any atom is -0.392 e. The van der Waals surface area contributed by atoms with Gasteiger partial charge in [-0.3, -0.25) is 0 Å². The number of benzene rings is 1. The summed E-state index contributed by atoms with van der Waals surface area (Å²) in [6, 6.07) is 10.2. The maximum atomic E-state index is 10.0. The molecule has 1 aromatic carbocycles. The van der Waals surface area contributed by atoms with E-state index < -0.39 is 0 Å². The third-order valence-corrected chi connectivity index (χ3v) is 2.88. The van der Waals surface area contributed by atoms with Gasteiger partial charge >= 0.3 is 0 Å². The maximum Gasteiger partial charge on any atom is 0.0677 e. The lowest BCUT2D eigenvalue weighted by molar-refractivity contribution is 0.156. The molecule has 2 atom stereocenters. The summed E-state index contributed by atoms with van der Waals surface area (Å²) in [5.74, 6) is 0.0976. The minimum atomic E-state index is -0.372. The Labute approximate surface area is 96.4 Å². The molecule has 2 unspecified atom stereocenters. The van der Waals surface area contributed by atoms with Crippen molar-refractivity contribution in [2.45, 2.75) is 12.5 Å². The minimum absolute atomic E-state index is 0.0976. The molecule has 0 radical (unpaired) electrons. The van der Waals surface area contributed by atoms with Gasteiger partial charge in [-0.15, -0.1) is 6.58 Å². The van der Waals surface area contributed by atoms with Crippen molar-refractivity contribution in [2.24, 2.45) is 5.92 Å².